The summed E-state index contributed by atoms with van der Waals surface area (Å²) < 4.78 is 17.2. The Morgan fingerprint density at radius 2 is 1.85 bits per heavy atom. The minimum absolute atomic E-state index is 0.0913. The maximum Gasteiger partial charge on any atom is 0.222 e. The first-order chi connectivity index (χ1) is 15.9. The van der Waals surface area contributed by atoms with Crippen LogP contribution in [0.3, 0.4) is 0 Å². The first-order valence-corrected chi connectivity index (χ1v) is 12.1. The summed E-state index contributed by atoms with van der Waals surface area (Å²) in [6, 6.07) is 16.3. The van der Waals surface area contributed by atoms with E-state index in [-0.39, 0.29) is 17.4 Å². The number of benzene rings is 2. The molecule has 1 aliphatic heterocycles. The van der Waals surface area contributed by atoms with E-state index in [9.17, 15) is 4.79 Å². The average molecular weight is 454 g/mol. The highest BCUT2D eigenvalue weighted by atomic mass is 16.5. The fourth-order valence-corrected chi connectivity index (χ4v) is 4.88. The lowest BCUT2D eigenvalue weighted by Crippen LogP contribution is -2.44. The minimum atomic E-state index is -0.0913. The number of hydrogen-bond donors (Lipinski definition) is 0. The van der Waals surface area contributed by atoms with Gasteiger partial charge in [-0.2, -0.15) is 0 Å². The normalized spacial score (nSPS) is 20.5. The highest BCUT2D eigenvalue weighted by molar-refractivity contribution is 5.75. The minimum Gasteiger partial charge on any atom is -0.497 e. The number of carbonyl (C=O) groups excluding carboxylic acids is 1. The molecule has 1 heterocycles. The zero-order valence-electron chi connectivity index (χ0n) is 20.8. The van der Waals surface area contributed by atoms with Crippen LogP contribution in [0.15, 0.2) is 48.5 Å². The molecule has 0 N–H and O–H groups in total. The number of amides is 1. The van der Waals surface area contributed by atoms with Crippen molar-refractivity contribution in [2.75, 3.05) is 27.4 Å². The summed E-state index contributed by atoms with van der Waals surface area (Å²) >= 11 is 0. The van der Waals surface area contributed by atoms with E-state index >= 15 is 0 Å². The SMILES string of the molecule is CCC(=O)N(CCC1(c2ccccc2OC)CCOC(C(C)C)C1)Cc1ccc(OC)cc1. The lowest BCUT2D eigenvalue weighted by molar-refractivity contribution is -0.132. The lowest BCUT2D eigenvalue weighted by atomic mass is 9.68. The predicted molar refractivity (Wildman–Crippen MR) is 132 cm³/mol. The monoisotopic (exact) mass is 453 g/mol. The van der Waals surface area contributed by atoms with Crippen LogP contribution in [0, 0.1) is 5.92 Å². The molecule has 180 valence electrons. The van der Waals surface area contributed by atoms with E-state index in [0.717, 1.165) is 42.9 Å². The van der Waals surface area contributed by atoms with Gasteiger partial charge in [-0.1, -0.05) is 51.1 Å². The van der Waals surface area contributed by atoms with Crippen LogP contribution < -0.4 is 9.47 Å². The number of carbonyl (C=O) groups is 1. The quantitative estimate of drug-likeness (QED) is 0.469. The van der Waals surface area contributed by atoms with Crippen LogP contribution in [0.5, 0.6) is 11.5 Å². The Morgan fingerprint density at radius 3 is 2.48 bits per heavy atom. The number of hydrogen-bond acceptors (Lipinski definition) is 4. The maximum atomic E-state index is 12.9. The van der Waals surface area contributed by atoms with Crippen LogP contribution in [0.2, 0.25) is 0 Å². The molecule has 5 nitrogen and oxygen atoms in total. The van der Waals surface area contributed by atoms with Crippen LogP contribution in [0.1, 0.15) is 57.6 Å². The van der Waals surface area contributed by atoms with Gasteiger partial charge in [-0.15, -0.1) is 0 Å². The molecule has 0 spiro atoms. The van der Waals surface area contributed by atoms with Crippen molar-refractivity contribution in [3.05, 3.63) is 59.7 Å². The second-order valence-corrected chi connectivity index (χ2v) is 9.35. The molecule has 0 saturated carbocycles. The van der Waals surface area contributed by atoms with Crippen molar-refractivity contribution in [3.63, 3.8) is 0 Å². The van der Waals surface area contributed by atoms with Crippen molar-refractivity contribution in [1.29, 1.82) is 0 Å². The Labute approximate surface area is 199 Å². The van der Waals surface area contributed by atoms with Crippen LogP contribution >= 0.6 is 0 Å². The van der Waals surface area contributed by atoms with Crippen LogP contribution in [-0.2, 0) is 21.5 Å². The summed E-state index contributed by atoms with van der Waals surface area (Å²) in [6.45, 7) is 8.40. The zero-order valence-corrected chi connectivity index (χ0v) is 20.8. The second kappa shape index (κ2) is 11.6. The Hall–Kier alpha value is -2.53. The fraction of sp³-hybridized carbons (Fsp3) is 0.536. The van der Waals surface area contributed by atoms with E-state index < -0.39 is 0 Å². The highest BCUT2D eigenvalue weighted by Gasteiger charge is 2.41. The van der Waals surface area contributed by atoms with Gasteiger partial charge in [-0.05, 0) is 48.9 Å². The molecule has 0 radical (unpaired) electrons. The average Bonchev–Trinajstić information content (AvgIpc) is 2.86. The largest absolute Gasteiger partial charge is 0.497 e. The number of nitrogens with zero attached hydrogens (tertiary/aromatic N) is 1. The van der Waals surface area contributed by atoms with Gasteiger partial charge in [-0.3, -0.25) is 4.79 Å². The Bertz CT molecular complexity index is 895. The zero-order chi connectivity index (χ0) is 23.8. The van der Waals surface area contributed by atoms with E-state index in [1.165, 1.54) is 5.56 Å². The van der Waals surface area contributed by atoms with E-state index in [1.807, 2.05) is 48.2 Å². The molecule has 0 bridgehead atoms. The lowest BCUT2D eigenvalue weighted by Gasteiger charge is -2.44. The second-order valence-electron chi connectivity index (χ2n) is 9.35. The highest BCUT2D eigenvalue weighted by Crippen LogP contribution is 2.45. The maximum absolute atomic E-state index is 12.9. The third-order valence-electron chi connectivity index (χ3n) is 6.97. The number of para-hydroxylation sites is 1. The molecule has 1 fully saturated rings. The van der Waals surface area contributed by atoms with Gasteiger partial charge in [0.1, 0.15) is 11.5 Å². The summed E-state index contributed by atoms with van der Waals surface area (Å²) in [5.41, 5.74) is 2.25. The molecule has 3 rings (SSSR count). The Balaban J connectivity index is 1.87. The first kappa shape index (κ1) is 25.1. The topological polar surface area (TPSA) is 48.0 Å². The van der Waals surface area contributed by atoms with Crippen LogP contribution in [0.25, 0.3) is 0 Å². The van der Waals surface area contributed by atoms with Gasteiger partial charge in [0.05, 0.1) is 20.3 Å². The molecule has 2 atom stereocenters. The van der Waals surface area contributed by atoms with Crippen molar-refractivity contribution in [3.8, 4) is 11.5 Å². The van der Waals surface area contributed by atoms with E-state index in [1.54, 1.807) is 14.2 Å². The molecule has 5 heteroatoms. The fourth-order valence-electron chi connectivity index (χ4n) is 4.88. The van der Waals surface area contributed by atoms with E-state index in [0.29, 0.717) is 25.4 Å². The molecule has 33 heavy (non-hydrogen) atoms. The Morgan fingerprint density at radius 1 is 1.12 bits per heavy atom. The van der Waals surface area contributed by atoms with Gasteiger partial charge in [0.25, 0.3) is 0 Å². The van der Waals surface area contributed by atoms with Crippen molar-refractivity contribution in [2.24, 2.45) is 5.92 Å². The van der Waals surface area contributed by atoms with Crippen molar-refractivity contribution < 1.29 is 19.0 Å². The first-order valence-electron chi connectivity index (χ1n) is 12.1. The summed E-state index contributed by atoms with van der Waals surface area (Å²) in [6.07, 6.45) is 3.42. The molecule has 1 aliphatic rings. The van der Waals surface area contributed by atoms with Gasteiger partial charge in [-0.25, -0.2) is 0 Å². The summed E-state index contributed by atoms with van der Waals surface area (Å²) in [5.74, 6) is 2.36. The molecule has 0 aliphatic carbocycles. The third kappa shape index (κ3) is 6.08. The van der Waals surface area contributed by atoms with Gasteiger partial charge in [0.2, 0.25) is 5.91 Å². The molecule has 2 aromatic rings. The van der Waals surface area contributed by atoms with E-state index in [2.05, 4.69) is 26.0 Å². The molecule has 2 aromatic carbocycles. The molecule has 1 saturated heterocycles. The standard InChI is InChI=1S/C28H39NO4/c1-6-27(30)29(20-22-11-13-23(31-4)14-12-22)17-15-28(16-18-33-26(19-28)21(2)3)24-9-7-8-10-25(24)32-5/h7-14,21,26H,6,15-20H2,1-5H3. The smallest absolute Gasteiger partial charge is 0.222 e. The molecular weight excluding hydrogens is 414 g/mol. The van der Waals surface area contributed by atoms with E-state index in [4.69, 9.17) is 14.2 Å². The predicted octanol–water partition coefficient (Wildman–Crippen LogP) is 5.61. The number of rotatable bonds is 10. The van der Waals surface area contributed by atoms with Gasteiger partial charge < -0.3 is 19.1 Å². The van der Waals surface area contributed by atoms with Gasteiger partial charge in [0, 0.05) is 37.1 Å². The van der Waals surface area contributed by atoms with Crippen LogP contribution in [-0.4, -0.2) is 44.3 Å². The number of methoxy groups -OCH3 is 2. The molecule has 2 unspecified atom stereocenters. The van der Waals surface area contributed by atoms with Gasteiger partial charge in [0.15, 0.2) is 0 Å². The summed E-state index contributed by atoms with van der Waals surface area (Å²) in [5, 5.41) is 0. The third-order valence-corrected chi connectivity index (χ3v) is 6.97. The molecule has 1 amide bonds. The molecular formula is C28H39NO4. The van der Waals surface area contributed by atoms with Crippen molar-refractivity contribution in [1.82, 2.24) is 4.90 Å². The summed E-state index contributed by atoms with van der Waals surface area (Å²) in [4.78, 5) is 14.9. The van der Waals surface area contributed by atoms with Crippen molar-refractivity contribution in [2.45, 2.75) is 64.5 Å². The summed E-state index contributed by atoms with van der Waals surface area (Å²) in [7, 11) is 3.40. The molecule has 0 aromatic heterocycles. The van der Waals surface area contributed by atoms with Crippen molar-refractivity contribution >= 4 is 5.91 Å². The number of ether oxygens (including phenoxy) is 3. The Kier molecular flexibility index (Phi) is 8.79. The van der Waals surface area contributed by atoms with Crippen LogP contribution in [0.4, 0.5) is 0 Å². The van der Waals surface area contributed by atoms with Gasteiger partial charge >= 0.3 is 0 Å².